The third kappa shape index (κ3) is 3.07. The zero-order valence-electron chi connectivity index (χ0n) is 9.79. The first-order valence-corrected chi connectivity index (χ1v) is 6.09. The topological polar surface area (TPSA) is 12.0 Å². The van der Waals surface area contributed by atoms with Crippen LogP contribution in [0.5, 0.6) is 0 Å². The van der Waals surface area contributed by atoms with E-state index in [-0.39, 0.29) is 0 Å². The van der Waals surface area contributed by atoms with Crippen LogP contribution in [-0.2, 0) is 0 Å². The number of hydrogen-bond donors (Lipinski definition) is 1. The first kappa shape index (κ1) is 10.7. The second-order valence-corrected chi connectivity index (χ2v) is 4.72. The Hall–Kier alpha value is -0.820. The summed E-state index contributed by atoms with van der Waals surface area (Å²) in [7, 11) is 0. The maximum atomic E-state index is 3.67. The monoisotopic (exact) mass is 203 g/mol. The van der Waals surface area contributed by atoms with Crippen molar-refractivity contribution in [3.05, 3.63) is 35.4 Å². The predicted molar refractivity (Wildman–Crippen MR) is 64.9 cm³/mol. The first-order chi connectivity index (χ1) is 7.29. The molecule has 1 atom stereocenters. The van der Waals surface area contributed by atoms with Crippen molar-refractivity contribution in [2.24, 2.45) is 5.92 Å². The van der Waals surface area contributed by atoms with Crippen LogP contribution in [0.2, 0.25) is 0 Å². The van der Waals surface area contributed by atoms with Gasteiger partial charge in [-0.2, -0.15) is 0 Å². The van der Waals surface area contributed by atoms with E-state index in [1.165, 1.54) is 36.9 Å². The maximum absolute atomic E-state index is 3.67. The number of nitrogens with one attached hydrogen (secondary N) is 1. The summed E-state index contributed by atoms with van der Waals surface area (Å²) in [4.78, 5) is 0. The first-order valence-electron chi connectivity index (χ1n) is 6.09. The van der Waals surface area contributed by atoms with E-state index in [1.807, 2.05) is 0 Å². The SMILES string of the molecule is CCC(NCC1CC1)c1ccc(C)cc1. The summed E-state index contributed by atoms with van der Waals surface area (Å²) in [5.74, 6) is 0.962. The minimum Gasteiger partial charge on any atom is -0.310 e. The van der Waals surface area contributed by atoms with Gasteiger partial charge in [0, 0.05) is 6.04 Å². The van der Waals surface area contributed by atoms with Crippen molar-refractivity contribution >= 4 is 0 Å². The summed E-state index contributed by atoms with van der Waals surface area (Å²) in [5, 5.41) is 3.67. The van der Waals surface area contributed by atoms with Crippen molar-refractivity contribution < 1.29 is 0 Å². The molecule has 1 aromatic rings. The second-order valence-electron chi connectivity index (χ2n) is 4.72. The van der Waals surface area contributed by atoms with Crippen LogP contribution in [0.1, 0.15) is 43.4 Å². The summed E-state index contributed by atoms with van der Waals surface area (Å²) >= 11 is 0. The zero-order chi connectivity index (χ0) is 10.7. The van der Waals surface area contributed by atoms with Gasteiger partial charge in [0.15, 0.2) is 0 Å². The maximum Gasteiger partial charge on any atom is 0.0317 e. The molecule has 1 unspecified atom stereocenters. The molecular formula is C14H21N. The lowest BCUT2D eigenvalue weighted by molar-refractivity contribution is 0.502. The van der Waals surface area contributed by atoms with E-state index >= 15 is 0 Å². The van der Waals surface area contributed by atoms with Crippen molar-refractivity contribution in [3.8, 4) is 0 Å². The summed E-state index contributed by atoms with van der Waals surface area (Å²) in [6.07, 6.45) is 4.03. The molecule has 1 aromatic carbocycles. The Morgan fingerprint density at radius 3 is 2.47 bits per heavy atom. The minimum atomic E-state index is 0.547. The molecule has 0 bridgehead atoms. The number of hydrogen-bond acceptors (Lipinski definition) is 1. The lowest BCUT2D eigenvalue weighted by Gasteiger charge is -2.17. The minimum absolute atomic E-state index is 0.547. The molecule has 82 valence electrons. The van der Waals surface area contributed by atoms with Gasteiger partial charge in [-0.3, -0.25) is 0 Å². The van der Waals surface area contributed by atoms with Crippen molar-refractivity contribution in [1.82, 2.24) is 5.32 Å². The standard InChI is InChI=1S/C14H21N/c1-3-14(15-10-12-6-7-12)13-8-4-11(2)5-9-13/h4-5,8-9,12,14-15H,3,6-7,10H2,1-2H3. The van der Waals surface area contributed by atoms with Gasteiger partial charge in [-0.1, -0.05) is 36.8 Å². The van der Waals surface area contributed by atoms with Crippen LogP contribution in [-0.4, -0.2) is 6.54 Å². The molecule has 1 aliphatic carbocycles. The van der Waals surface area contributed by atoms with E-state index in [0.717, 1.165) is 5.92 Å². The van der Waals surface area contributed by atoms with Gasteiger partial charge in [-0.05, 0) is 44.2 Å². The lowest BCUT2D eigenvalue weighted by atomic mass is 10.0. The Bertz CT molecular complexity index is 298. The van der Waals surface area contributed by atoms with Crippen LogP contribution in [0.15, 0.2) is 24.3 Å². The molecule has 2 rings (SSSR count). The quantitative estimate of drug-likeness (QED) is 0.773. The third-order valence-electron chi connectivity index (χ3n) is 3.24. The Kier molecular flexibility index (Phi) is 3.42. The van der Waals surface area contributed by atoms with Crippen LogP contribution in [0.25, 0.3) is 0 Å². The van der Waals surface area contributed by atoms with Gasteiger partial charge in [0.1, 0.15) is 0 Å². The van der Waals surface area contributed by atoms with E-state index in [0.29, 0.717) is 6.04 Å². The molecule has 0 amide bonds. The van der Waals surface area contributed by atoms with Crippen LogP contribution in [0.4, 0.5) is 0 Å². The van der Waals surface area contributed by atoms with Crippen molar-refractivity contribution in [2.45, 2.75) is 39.2 Å². The summed E-state index contributed by atoms with van der Waals surface area (Å²) < 4.78 is 0. The Morgan fingerprint density at radius 2 is 1.93 bits per heavy atom. The number of benzene rings is 1. The van der Waals surface area contributed by atoms with E-state index in [1.54, 1.807) is 0 Å². The van der Waals surface area contributed by atoms with Crippen LogP contribution in [0.3, 0.4) is 0 Å². The number of rotatable bonds is 5. The number of aryl methyl sites for hydroxylation is 1. The molecule has 15 heavy (non-hydrogen) atoms. The molecule has 1 aliphatic rings. The molecule has 0 spiro atoms. The Labute approximate surface area is 92.9 Å². The van der Waals surface area contributed by atoms with Crippen LogP contribution >= 0.6 is 0 Å². The molecule has 1 N–H and O–H groups in total. The van der Waals surface area contributed by atoms with Crippen molar-refractivity contribution in [2.75, 3.05) is 6.54 Å². The third-order valence-corrected chi connectivity index (χ3v) is 3.24. The molecule has 0 saturated heterocycles. The highest BCUT2D eigenvalue weighted by molar-refractivity contribution is 5.24. The highest BCUT2D eigenvalue weighted by Crippen LogP contribution is 2.29. The van der Waals surface area contributed by atoms with Gasteiger partial charge in [-0.15, -0.1) is 0 Å². The molecular weight excluding hydrogens is 182 g/mol. The fourth-order valence-electron chi connectivity index (χ4n) is 1.93. The molecule has 0 aromatic heterocycles. The fourth-order valence-corrected chi connectivity index (χ4v) is 1.93. The van der Waals surface area contributed by atoms with Gasteiger partial charge >= 0.3 is 0 Å². The highest BCUT2D eigenvalue weighted by Gasteiger charge is 2.22. The van der Waals surface area contributed by atoms with E-state index in [9.17, 15) is 0 Å². The molecule has 0 heterocycles. The van der Waals surface area contributed by atoms with Gasteiger partial charge < -0.3 is 5.32 Å². The highest BCUT2D eigenvalue weighted by atomic mass is 14.9. The average molecular weight is 203 g/mol. The van der Waals surface area contributed by atoms with Gasteiger partial charge in [0.2, 0.25) is 0 Å². The summed E-state index contributed by atoms with van der Waals surface area (Å²) in [5.41, 5.74) is 2.78. The summed E-state index contributed by atoms with van der Waals surface area (Å²) in [6.45, 7) is 5.60. The smallest absolute Gasteiger partial charge is 0.0317 e. The molecule has 0 radical (unpaired) electrons. The molecule has 1 nitrogen and oxygen atoms in total. The van der Waals surface area contributed by atoms with Gasteiger partial charge in [0.05, 0.1) is 0 Å². The Morgan fingerprint density at radius 1 is 1.27 bits per heavy atom. The average Bonchev–Trinajstić information content (AvgIpc) is 3.05. The zero-order valence-corrected chi connectivity index (χ0v) is 9.79. The Balaban J connectivity index is 1.94. The van der Waals surface area contributed by atoms with Crippen LogP contribution < -0.4 is 5.32 Å². The molecule has 1 fully saturated rings. The van der Waals surface area contributed by atoms with Crippen molar-refractivity contribution in [1.29, 1.82) is 0 Å². The van der Waals surface area contributed by atoms with E-state index in [2.05, 4.69) is 43.4 Å². The summed E-state index contributed by atoms with van der Waals surface area (Å²) in [6, 6.07) is 9.46. The van der Waals surface area contributed by atoms with Crippen molar-refractivity contribution in [3.63, 3.8) is 0 Å². The fraction of sp³-hybridized carbons (Fsp3) is 0.571. The predicted octanol–water partition coefficient (Wildman–Crippen LogP) is 3.45. The molecule has 1 saturated carbocycles. The van der Waals surface area contributed by atoms with Gasteiger partial charge in [0.25, 0.3) is 0 Å². The lowest BCUT2D eigenvalue weighted by Crippen LogP contribution is -2.22. The van der Waals surface area contributed by atoms with E-state index in [4.69, 9.17) is 0 Å². The normalized spacial score (nSPS) is 17.7. The van der Waals surface area contributed by atoms with Crippen LogP contribution in [0, 0.1) is 12.8 Å². The molecule has 1 heteroatoms. The largest absolute Gasteiger partial charge is 0.310 e. The second kappa shape index (κ2) is 4.80. The van der Waals surface area contributed by atoms with E-state index < -0.39 is 0 Å². The van der Waals surface area contributed by atoms with Gasteiger partial charge in [-0.25, -0.2) is 0 Å². The molecule has 0 aliphatic heterocycles.